The average Bonchev–Trinajstić information content (AvgIpc) is 3.09. The summed E-state index contributed by atoms with van der Waals surface area (Å²) in [6, 6.07) is -0.301. The van der Waals surface area contributed by atoms with Gasteiger partial charge >= 0.3 is 12.0 Å². The highest BCUT2D eigenvalue weighted by Crippen LogP contribution is 2.30. The van der Waals surface area contributed by atoms with E-state index < -0.39 is 17.5 Å². The number of methoxy groups -OCH3 is 1. The molecule has 11 heteroatoms. The Balaban J connectivity index is 1.87. The van der Waals surface area contributed by atoms with Crippen LogP contribution in [0.25, 0.3) is 0 Å². The number of carbonyl (C=O) groups is 4. The molecule has 2 rings (SSSR count). The molecule has 0 bridgehead atoms. The van der Waals surface area contributed by atoms with Crippen LogP contribution in [0.2, 0.25) is 0 Å². The third-order valence-corrected chi connectivity index (χ3v) is 4.24. The van der Waals surface area contributed by atoms with Crippen molar-refractivity contribution in [3.8, 4) is 0 Å². The van der Waals surface area contributed by atoms with Crippen LogP contribution in [0.5, 0.6) is 0 Å². The first-order valence-corrected chi connectivity index (χ1v) is 8.53. The van der Waals surface area contributed by atoms with Crippen LogP contribution in [-0.4, -0.2) is 68.4 Å². The predicted octanol–water partition coefficient (Wildman–Crippen LogP) is 0.403. The first kappa shape index (κ1) is 19.7. The summed E-state index contributed by atoms with van der Waals surface area (Å²) >= 11 is 1.12. The third kappa shape index (κ3) is 4.49. The molecule has 0 aromatic carbocycles. The fourth-order valence-corrected chi connectivity index (χ4v) is 2.87. The van der Waals surface area contributed by atoms with Crippen LogP contribution in [0.3, 0.4) is 0 Å². The van der Waals surface area contributed by atoms with Crippen molar-refractivity contribution in [3.05, 3.63) is 28.0 Å². The lowest BCUT2D eigenvalue weighted by Crippen LogP contribution is -2.35. The second-order valence-electron chi connectivity index (χ2n) is 4.90. The van der Waals surface area contributed by atoms with Gasteiger partial charge in [-0.25, -0.2) is 9.59 Å². The second kappa shape index (κ2) is 9.15. The van der Waals surface area contributed by atoms with Gasteiger partial charge in [0.1, 0.15) is 5.56 Å². The molecule has 1 aromatic heterocycles. The second-order valence-corrected chi connectivity index (χ2v) is 6.03. The molecule has 1 heterocycles. The van der Waals surface area contributed by atoms with Gasteiger partial charge < -0.3 is 24.6 Å². The zero-order chi connectivity index (χ0) is 19.1. The number of nitrogens with zero attached hydrogens (tertiary/aromatic N) is 1. The number of thioether (sulfide) groups is 1. The number of hydrogen-bond donors (Lipinski definition) is 2. The zero-order valence-electron chi connectivity index (χ0n) is 14.1. The number of urea groups is 1. The fourth-order valence-electron chi connectivity index (χ4n) is 2.02. The Labute approximate surface area is 152 Å². The molecule has 1 aromatic rings. The lowest BCUT2D eigenvalue weighted by molar-refractivity contribution is 0.0586. The maximum Gasteiger partial charge on any atom is 0.361 e. The molecule has 0 unspecified atom stereocenters. The number of ketones is 2. The van der Waals surface area contributed by atoms with Crippen LogP contribution in [0, 0.1) is 0 Å². The Morgan fingerprint density at radius 3 is 2.77 bits per heavy atom. The molecule has 2 N–H and O–H groups in total. The number of carbonyl (C=O) groups excluding carboxylic acids is 4. The minimum absolute atomic E-state index is 0.169. The van der Waals surface area contributed by atoms with Crippen LogP contribution in [0.1, 0.15) is 31.4 Å². The molecule has 0 saturated carbocycles. The summed E-state index contributed by atoms with van der Waals surface area (Å²) in [5.74, 6) is -1.78. The molecule has 0 saturated heterocycles. The van der Waals surface area contributed by atoms with Crippen molar-refractivity contribution in [1.82, 2.24) is 15.8 Å². The molecule has 26 heavy (non-hydrogen) atoms. The molecule has 0 fully saturated rings. The van der Waals surface area contributed by atoms with E-state index in [1.807, 2.05) is 0 Å². The van der Waals surface area contributed by atoms with E-state index in [0.717, 1.165) is 24.9 Å². The number of esters is 1. The van der Waals surface area contributed by atoms with E-state index in [2.05, 4.69) is 20.5 Å². The van der Waals surface area contributed by atoms with Gasteiger partial charge in [-0.05, 0) is 0 Å². The highest BCUT2D eigenvalue weighted by atomic mass is 32.2. The van der Waals surface area contributed by atoms with Gasteiger partial charge in [0.25, 0.3) is 0 Å². The Bertz CT molecular complexity index is 756. The van der Waals surface area contributed by atoms with Gasteiger partial charge in [0, 0.05) is 25.4 Å². The van der Waals surface area contributed by atoms with E-state index in [1.54, 1.807) is 0 Å². The van der Waals surface area contributed by atoms with Gasteiger partial charge in [-0.1, -0.05) is 5.16 Å². The maximum absolute atomic E-state index is 12.5. The number of nitrogens with one attached hydrogen (secondary N) is 2. The quantitative estimate of drug-likeness (QED) is 0.483. The van der Waals surface area contributed by atoms with Crippen LogP contribution >= 0.6 is 11.8 Å². The van der Waals surface area contributed by atoms with Crippen molar-refractivity contribution >= 4 is 35.3 Å². The van der Waals surface area contributed by atoms with Crippen molar-refractivity contribution in [3.63, 3.8) is 0 Å². The minimum atomic E-state index is -0.852. The fraction of sp³-hybridized carbons (Fsp3) is 0.400. The zero-order valence-corrected chi connectivity index (χ0v) is 14.9. The van der Waals surface area contributed by atoms with Crippen molar-refractivity contribution in [2.75, 3.05) is 39.7 Å². The average molecular weight is 383 g/mol. The van der Waals surface area contributed by atoms with Gasteiger partial charge in [0.05, 0.1) is 25.2 Å². The number of allylic oxidation sites excluding steroid dienone is 2. The summed E-state index contributed by atoms with van der Waals surface area (Å²) in [6.07, 6.45) is 1.15. The molecule has 0 spiro atoms. The number of hydrogen-bond acceptors (Lipinski definition) is 9. The van der Waals surface area contributed by atoms with E-state index in [0.29, 0.717) is 25.5 Å². The van der Waals surface area contributed by atoms with Crippen LogP contribution < -0.4 is 10.6 Å². The molecule has 0 atom stereocenters. The largest absolute Gasteiger partial charge is 0.464 e. The van der Waals surface area contributed by atoms with E-state index in [9.17, 15) is 19.2 Å². The van der Waals surface area contributed by atoms with E-state index in [-0.39, 0.29) is 28.0 Å². The highest BCUT2D eigenvalue weighted by molar-refractivity contribution is 8.04. The van der Waals surface area contributed by atoms with Gasteiger partial charge in [0.15, 0.2) is 0 Å². The lowest BCUT2D eigenvalue weighted by Gasteiger charge is -2.11. The van der Waals surface area contributed by atoms with Crippen molar-refractivity contribution in [1.29, 1.82) is 0 Å². The standard InChI is InChI=1S/C15H17N3O7S/c1-16-15(22)17-3-4-24-5-6-26-9-7-8(19)13-10(12(9)20)11(18-25-13)14(21)23-2/h7H,3-6H2,1-2H3,(H2,16,17,22). The normalized spacial score (nSPS) is 13.1. The first-order valence-electron chi connectivity index (χ1n) is 7.54. The smallest absolute Gasteiger partial charge is 0.361 e. The molecule has 0 radical (unpaired) electrons. The number of ether oxygens (including phenoxy) is 2. The Hall–Kier alpha value is -2.66. The minimum Gasteiger partial charge on any atom is -0.464 e. The van der Waals surface area contributed by atoms with Crippen molar-refractivity contribution < 1.29 is 33.2 Å². The number of fused-ring (bicyclic) bond motifs is 1. The number of Topliss-reactive ketones (excluding diaryl/α,β-unsaturated/α-hetero) is 1. The predicted molar refractivity (Wildman–Crippen MR) is 90.3 cm³/mol. The van der Waals surface area contributed by atoms with Gasteiger partial charge in [-0.2, -0.15) is 0 Å². The molecule has 10 nitrogen and oxygen atoms in total. The Morgan fingerprint density at radius 2 is 2.08 bits per heavy atom. The number of amides is 2. The topological polar surface area (TPSA) is 137 Å². The maximum atomic E-state index is 12.5. The summed E-state index contributed by atoms with van der Waals surface area (Å²) in [4.78, 5) is 47.3. The summed E-state index contributed by atoms with van der Waals surface area (Å²) in [5, 5.41) is 8.43. The van der Waals surface area contributed by atoms with E-state index in [1.165, 1.54) is 7.05 Å². The third-order valence-electron chi connectivity index (χ3n) is 3.25. The summed E-state index contributed by atoms with van der Waals surface area (Å²) < 4.78 is 14.7. The van der Waals surface area contributed by atoms with Crippen LogP contribution in [0.15, 0.2) is 15.5 Å². The van der Waals surface area contributed by atoms with Gasteiger partial charge in [-0.3, -0.25) is 9.59 Å². The molecule has 2 amide bonds. The first-order chi connectivity index (χ1) is 12.5. The lowest BCUT2D eigenvalue weighted by atomic mass is 10.00. The number of aromatic nitrogens is 1. The van der Waals surface area contributed by atoms with Gasteiger partial charge in [-0.15, -0.1) is 11.8 Å². The number of rotatable bonds is 8. The summed E-state index contributed by atoms with van der Waals surface area (Å²) in [6.45, 7) is 0.957. The SMILES string of the molecule is CNC(=O)NCCOCCSC1=CC(=O)c2onc(C(=O)OC)c2C1=O. The molecule has 1 aliphatic carbocycles. The van der Waals surface area contributed by atoms with Crippen molar-refractivity contribution in [2.24, 2.45) is 0 Å². The highest BCUT2D eigenvalue weighted by Gasteiger charge is 2.36. The monoisotopic (exact) mass is 383 g/mol. The Morgan fingerprint density at radius 1 is 1.31 bits per heavy atom. The molecule has 140 valence electrons. The molecule has 0 aliphatic heterocycles. The van der Waals surface area contributed by atoms with Crippen LogP contribution in [0.4, 0.5) is 4.79 Å². The van der Waals surface area contributed by atoms with E-state index >= 15 is 0 Å². The molecule has 1 aliphatic rings. The Kier molecular flexibility index (Phi) is 6.92. The van der Waals surface area contributed by atoms with Crippen LogP contribution in [-0.2, 0) is 9.47 Å². The summed E-state index contributed by atoms with van der Waals surface area (Å²) in [5.41, 5.74) is -0.494. The summed E-state index contributed by atoms with van der Waals surface area (Å²) in [7, 11) is 2.65. The molecular formula is C15H17N3O7S. The molecular weight excluding hydrogens is 366 g/mol. The van der Waals surface area contributed by atoms with Gasteiger partial charge in [0.2, 0.25) is 23.0 Å². The van der Waals surface area contributed by atoms with E-state index in [4.69, 9.17) is 9.26 Å². The van der Waals surface area contributed by atoms with Crippen molar-refractivity contribution in [2.45, 2.75) is 0 Å².